The molecule has 9 heteroatoms. The maximum atomic E-state index is 12.6. The summed E-state index contributed by atoms with van der Waals surface area (Å²) in [6.45, 7) is 13.1. The van der Waals surface area contributed by atoms with Crippen LogP contribution in [-0.4, -0.2) is 132 Å². The van der Waals surface area contributed by atoms with Crippen molar-refractivity contribution in [2.24, 2.45) is 0 Å². The summed E-state index contributed by atoms with van der Waals surface area (Å²) >= 11 is 0. The Morgan fingerprint density at radius 1 is 0.829 bits per heavy atom. The number of aliphatic carboxylic acids is 1. The van der Waals surface area contributed by atoms with Gasteiger partial charge in [0.1, 0.15) is 0 Å². The van der Waals surface area contributed by atoms with Crippen molar-refractivity contribution < 1.29 is 19.4 Å². The Bertz CT molecular complexity index is 673. The number of carbonyl (C=O) groups is 2. The third kappa shape index (κ3) is 7.54. The molecule has 3 aliphatic heterocycles. The van der Waals surface area contributed by atoms with Crippen LogP contribution < -0.4 is 0 Å². The second-order valence-electron chi connectivity index (χ2n) is 11.0. The molecule has 3 heterocycles. The summed E-state index contributed by atoms with van der Waals surface area (Å²) in [5.41, 5.74) is 0. The van der Waals surface area contributed by atoms with Gasteiger partial charge in [-0.25, -0.2) is 4.79 Å². The van der Waals surface area contributed by atoms with Gasteiger partial charge in [-0.2, -0.15) is 0 Å². The largest absolute Gasteiger partial charge is 0.481 e. The number of piperazine rings is 2. The molecule has 0 aromatic carbocycles. The lowest BCUT2D eigenvalue weighted by Crippen LogP contribution is -2.53. The number of carboxylic acids is 1. The van der Waals surface area contributed by atoms with Gasteiger partial charge in [0.05, 0.1) is 6.04 Å². The minimum absolute atomic E-state index is 0.0695. The third-order valence-corrected chi connectivity index (χ3v) is 8.61. The third-order valence-electron chi connectivity index (χ3n) is 8.61. The van der Waals surface area contributed by atoms with E-state index in [1.165, 1.54) is 58.3 Å². The molecule has 1 aliphatic carbocycles. The van der Waals surface area contributed by atoms with Crippen LogP contribution in [0.3, 0.4) is 0 Å². The lowest BCUT2D eigenvalue weighted by atomic mass is 9.94. The Morgan fingerprint density at radius 3 is 2.03 bits per heavy atom. The number of carboxylic acid groups (broad SMARTS) is 1. The van der Waals surface area contributed by atoms with E-state index in [4.69, 9.17) is 9.84 Å². The van der Waals surface area contributed by atoms with Gasteiger partial charge in [0, 0.05) is 71.4 Å². The topological polar surface area (TPSA) is 79.8 Å². The van der Waals surface area contributed by atoms with Gasteiger partial charge in [0.15, 0.2) is 6.23 Å². The summed E-state index contributed by atoms with van der Waals surface area (Å²) in [5, 5.41) is 8.82. The Hall–Kier alpha value is -1.42. The van der Waals surface area contributed by atoms with Crippen molar-refractivity contribution in [3.05, 3.63) is 0 Å². The van der Waals surface area contributed by atoms with Gasteiger partial charge in [-0.3, -0.25) is 14.6 Å². The van der Waals surface area contributed by atoms with Crippen molar-refractivity contribution in [3.63, 3.8) is 0 Å². The maximum Gasteiger partial charge on any atom is 0.411 e. The van der Waals surface area contributed by atoms with E-state index in [1.54, 1.807) is 0 Å². The van der Waals surface area contributed by atoms with Gasteiger partial charge >= 0.3 is 12.1 Å². The highest BCUT2D eigenvalue weighted by atomic mass is 16.6. The average Bonchev–Trinajstić information content (AvgIpc) is 3.16. The first-order valence-corrected chi connectivity index (χ1v) is 14.1. The minimum Gasteiger partial charge on any atom is -0.481 e. The van der Waals surface area contributed by atoms with Crippen LogP contribution in [0.1, 0.15) is 64.7 Å². The Kier molecular flexibility index (Phi) is 10.1. The first-order chi connectivity index (χ1) is 17.0. The first-order valence-electron chi connectivity index (χ1n) is 14.1. The smallest absolute Gasteiger partial charge is 0.411 e. The molecule has 0 aromatic heterocycles. The van der Waals surface area contributed by atoms with Crippen LogP contribution in [0, 0.1) is 0 Å². The van der Waals surface area contributed by atoms with Gasteiger partial charge < -0.3 is 24.5 Å². The zero-order valence-corrected chi connectivity index (χ0v) is 21.8. The van der Waals surface area contributed by atoms with Crippen LogP contribution in [0.25, 0.3) is 0 Å². The summed E-state index contributed by atoms with van der Waals surface area (Å²) < 4.78 is 5.79. The molecular weight excluding hydrogens is 446 g/mol. The molecule has 9 nitrogen and oxygen atoms in total. The summed E-state index contributed by atoms with van der Waals surface area (Å²) in [6, 6.07) is 0.904. The molecule has 1 saturated carbocycles. The van der Waals surface area contributed by atoms with Crippen LogP contribution in [0.5, 0.6) is 0 Å². The van der Waals surface area contributed by atoms with E-state index in [0.717, 1.165) is 64.7 Å². The SMILES string of the molecule is CC1C(N2CCN(CCCC(=O)O)CC2)OC(=O)N1CCCCN1CCN(C2CCCCC2)CC1. The molecule has 2 atom stereocenters. The number of ether oxygens (including phenoxy) is 1. The summed E-state index contributed by atoms with van der Waals surface area (Å²) in [5.74, 6) is -0.729. The monoisotopic (exact) mass is 493 g/mol. The molecule has 0 radical (unpaired) electrons. The van der Waals surface area contributed by atoms with Gasteiger partial charge in [-0.15, -0.1) is 0 Å². The molecule has 0 spiro atoms. The highest BCUT2D eigenvalue weighted by molar-refractivity contribution is 5.70. The average molecular weight is 494 g/mol. The van der Waals surface area contributed by atoms with E-state index in [0.29, 0.717) is 6.42 Å². The van der Waals surface area contributed by atoms with Crippen LogP contribution >= 0.6 is 0 Å². The van der Waals surface area contributed by atoms with Crippen molar-refractivity contribution in [1.82, 2.24) is 24.5 Å². The second-order valence-corrected chi connectivity index (χ2v) is 11.0. The molecule has 4 aliphatic rings. The van der Waals surface area contributed by atoms with E-state index in [9.17, 15) is 9.59 Å². The fourth-order valence-corrected chi connectivity index (χ4v) is 6.38. The normalized spacial score (nSPS) is 28.5. The number of nitrogens with zero attached hydrogens (tertiary/aromatic N) is 5. The van der Waals surface area contributed by atoms with Crippen molar-refractivity contribution in [2.75, 3.05) is 72.0 Å². The predicted octanol–water partition coefficient (Wildman–Crippen LogP) is 2.37. The van der Waals surface area contributed by atoms with Gasteiger partial charge in [0.25, 0.3) is 0 Å². The molecule has 4 fully saturated rings. The Morgan fingerprint density at radius 2 is 1.40 bits per heavy atom. The Labute approximate surface area is 211 Å². The molecule has 4 rings (SSSR count). The highest BCUT2D eigenvalue weighted by Crippen LogP contribution is 2.25. The molecule has 0 bridgehead atoms. The van der Waals surface area contributed by atoms with Crippen LogP contribution in [-0.2, 0) is 9.53 Å². The van der Waals surface area contributed by atoms with Crippen LogP contribution in [0.4, 0.5) is 4.79 Å². The van der Waals surface area contributed by atoms with E-state index in [2.05, 4.69) is 26.5 Å². The predicted molar refractivity (Wildman–Crippen MR) is 135 cm³/mol. The zero-order valence-electron chi connectivity index (χ0n) is 21.8. The van der Waals surface area contributed by atoms with E-state index >= 15 is 0 Å². The minimum atomic E-state index is -0.729. The second kappa shape index (κ2) is 13.2. The standard InChI is InChI=1S/C26H47N5O4/c1-22-25(30-20-16-28(17-21-30)12-7-10-24(32)33)35-26(34)31(22)13-6-5-11-27-14-18-29(19-15-27)23-8-3-2-4-9-23/h22-23,25H,2-21H2,1H3,(H,32,33). The number of amides is 1. The van der Waals surface area contributed by atoms with Crippen molar-refractivity contribution in [2.45, 2.75) is 83.0 Å². The summed E-state index contributed by atoms with van der Waals surface area (Å²) in [4.78, 5) is 35.2. The molecule has 200 valence electrons. The summed E-state index contributed by atoms with van der Waals surface area (Å²) in [7, 11) is 0. The number of hydrogen-bond donors (Lipinski definition) is 1. The number of unbranched alkanes of at least 4 members (excludes halogenated alkanes) is 1. The molecule has 2 unspecified atom stereocenters. The molecule has 0 aromatic rings. The zero-order chi connectivity index (χ0) is 24.6. The molecule has 35 heavy (non-hydrogen) atoms. The fraction of sp³-hybridized carbons (Fsp3) is 0.923. The number of hydrogen-bond acceptors (Lipinski definition) is 7. The van der Waals surface area contributed by atoms with Crippen molar-refractivity contribution in [3.8, 4) is 0 Å². The van der Waals surface area contributed by atoms with Crippen molar-refractivity contribution >= 4 is 12.1 Å². The van der Waals surface area contributed by atoms with Crippen LogP contribution in [0.2, 0.25) is 0 Å². The van der Waals surface area contributed by atoms with Gasteiger partial charge in [-0.1, -0.05) is 19.3 Å². The van der Waals surface area contributed by atoms with E-state index in [1.807, 2.05) is 4.90 Å². The van der Waals surface area contributed by atoms with Gasteiger partial charge in [-0.05, 0) is 52.1 Å². The first kappa shape index (κ1) is 26.6. The van der Waals surface area contributed by atoms with E-state index < -0.39 is 5.97 Å². The number of carbonyl (C=O) groups excluding carboxylic acids is 1. The van der Waals surface area contributed by atoms with Crippen LogP contribution in [0.15, 0.2) is 0 Å². The lowest BCUT2D eigenvalue weighted by Gasteiger charge is -2.40. The molecule has 1 amide bonds. The molecular formula is C26H47N5O4. The highest BCUT2D eigenvalue weighted by Gasteiger charge is 2.42. The lowest BCUT2D eigenvalue weighted by molar-refractivity contribution is -0.137. The van der Waals surface area contributed by atoms with E-state index in [-0.39, 0.29) is 24.8 Å². The Balaban J connectivity index is 1.10. The quantitative estimate of drug-likeness (QED) is 0.440. The number of cyclic esters (lactones) is 1. The fourth-order valence-electron chi connectivity index (χ4n) is 6.38. The maximum absolute atomic E-state index is 12.6. The number of rotatable bonds is 11. The van der Waals surface area contributed by atoms with Gasteiger partial charge in [0.2, 0.25) is 0 Å². The molecule has 3 saturated heterocycles. The van der Waals surface area contributed by atoms with Crippen molar-refractivity contribution in [1.29, 1.82) is 0 Å². The molecule has 1 N–H and O–H groups in total. The summed E-state index contributed by atoms with van der Waals surface area (Å²) in [6.07, 6.45) is 9.75.